The molecule has 3 aromatic carbocycles. The van der Waals surface area contributed by atoms with E-state index >= 15 is 0 Å². The summed E-state index contributed by atoms with van der Waals surface area (Å²) < 4.78 is 0. The molecule has 32 heavy (non-hydrogen) atoms. The Balaban J connectivity index is 2.06. The van der Waals surface area contributed by atoms with Crippen molar-refractivity contribution in [3.8, 4) is 17.2 Å². The standard InChI is InChI=1S/C29H36O3/c1-6-19-10-18(5)27(30)23(12-19)16-25-14-21(8-3)15-26(29(25)32)17-24-13-20(7-2)11-22(9-4)28(24)31/h10-15,30-32H,6-9,16-17H2,1-5H3. The van der Waals surface area contributed by atoms with Gasteiger partial charge in [-0.2, -0.15) is 0 Å². The second-order valence-electron chi connectivity index (χ2n) is 8.71. The Kier molecular flexibility index (Phi) is 7.50. The Hall–Kier alpha value is -2.94. The number of aryl methyl sites for hydroxylation is 5. The monoisotopic (exact) mass is 432 g/mol. The molecule has 3 heteroatoms. The molecule has 0 aromatic heterocycles. The molecule has 3 aromatic rings. The minimum Gasteiger partial charge on any atom is -0.507 e. The first-order valence-electron chi connectivity index (χ1n) is 11.8. The van der Waals surface area contributed by atoms with Gasteiger partial charge in [-0.25, -0.2) is 0 Å². The zero-order chi connectivity index (χ0) is 23.4. The highest BCUT2D eigenvalue weighted by molar-refractivity contribution is 5.53. The largest absolute Gasteiger partial charge is 0.507 e. The van der Waals surface area contributed by atoms with Crippen molar-refractivity contribution in [2.24, 2.45) is 0 Å². The Labute approximate surface area is 192 Å². The van der Waals surface area contributed by atoms with Crippen molar-refractivity contribution >= 4 is 0 Å². The van der Waals surface area contributed by atoms with Crippen LogP contribution in [0.5, 0.6) is 17.2 Å². The van der Waals surface area contributed by atoms with Crippen LogP contribution in [0.15, 0.2) is 36.4 Å². The second-order valence-corrected chi connectivity index (χ2v) is 8.71. The molecule has 0 spiro atoms. The maximum absolute atomic E-state index is 11.2. The highest BCUT2D eigenvalue weighted by atomic mass is 16.3. The number of benzene rings is 3. The number of aromatic hydroxyl groups is 3. The average molecular weight is 433 g/mol. The highest BCUT2D eigenvalue weighted by Crippen LogP contribution is 2.35. The molecule has 3 rings (SSSR count). The molecule has 0 saturated carbocycles. The van der Waals surface area contributed by atoms with E-state index in [2.05, 4.69) is 26.8 Å². The number of phenols is 3. The van der Waals surface area contributed by atoms with Gasteiger partial charge in [0, 0.05) is 12.8 Å². The third-order valence-corrected chi connectivity index (χ3v) is 6.46. The number of phenolic OH excluding ortho intramolecular Hbond substituents is 3. The molecule has 0 atom stereocenters. The molecule has 0 aliphatic rings. The molecular formula is C29H36O3. The predicted molar refractivity (Wildman–Crippen MR) is 132 cm³/mol. The Morgan fingerprint density at radius 3 is 1.22 bits per heavy atom. The Morgan fingerprint density at radius 2 is 0.812 bits per heavy atom. The molecule has 0 saturated heterocycles. The molecule has 0 amide bonds. The molecule has 0 bridgehead atoms. The van der Waals surface area contributed by atoms with Gasteiger partial charge in [0.15, 0.2) is 0 Å². The molecule has 3 nitrogen and oxygen atoms in total. The van der Waals surface area contributed by atoms with Gasteiger partial charge < -0.3 is 15.3 Å². The van der Waals surface area contributed by atoms with Gasteiger partial charge in [0.2, 0.25) is 0 Å². The second kappa shape index (κ2) is 10.1. The molecule has 0 heterocycles. The molecular weight excluding hydrogens is 396 g/mol. The highest BCUT2D eigenvalue weighted by Gasteiger charge is 2.17. The van der Waals surface area contributed by atoms with E-state index in [4.69, 9.17) is 0 Å². The van der Waals surface area contributed by atoms with Crippen LogP contribution in [0.4, 0.5) is 0 Å². The summed E-state index contributed by atoms with van der Waals surface area (Å²) in [7, 11) is 0. The third kappa shape index (κ3) is 4.93. The number of rotatable bonds is 8. The quantitative estimate of drug-likeness (QED) is 0.378. The summed E-state index contributed by atoms with van der Waals surface area (Å²) in [6.07, 6.45) is 4.35. The van der Waals surface area contributed by atoms with Crippen molar-refractivity contribution in [3.05, 3.63) is 86.5 Å². The molecule has 3 N–H and O–H groups in total. The van der Waals surface area contributed by atoms with E-state index in [1.54, 1.807) is 0 Å². The van der Waals surface area contributed by atoms with E-state index < -0.39 is 0 Å². The van der Waals surface area contributed by atoms with Crippen LogP contribution in [0.25, 0.3) is 0 Å². The smallest absolute Gasteiger partial charge is 0.122 e. The normalized spacial score (nSPS) is 11.2. The van der Waals surface area contributed by atoms with Crippen LogP contribution in [0.1, 0.15) is 77.8 Å². The maximum Gasteiger partial charge on any atom is 0.122 e. The number of hydrogen-bond acceptors (Lipinski definition) is 3. The Morgan fingerprint density at radius 1 is 0.469 bits per heavy atom. The van der Waals surface area contributed by atoms with Crippen molar-refractivity contribution in [1.29, 1.82) is 0 Å². The minimum atomic E-state index is 0.250. The molecule has 170 valence electrons. The number of hydrogen-bond donors (Lipinski definition) is 3. The van der Waals surface area contributed by atoms with Crippen molar-refractivity contribution < 1.29 is 15.3 Å². The lowest BCUT2D eigenvalue weighted by molar-refractivity contribution is 0.454. The summed E-state index contributed by atoms with van der Waals surface area (Å²) in [5, 5.41) is 32.6. The van der Waals surface area contributed by atoms with Crippen LogP contribution >= 0.6 is 0 Å². The van der Waals surface area contributed by atoms with Crippen LogP contribution in [0.2, 0.25) is 0 Å². The minimum absolute atomic E-state index is 0.250. The van der Waals surface area contributed by atoms with Crippen molar-refractivity contribution in [2.75, 3.05) is 0 Å². The van der Waals surface area contributed by atoms with E-state index in [9.17, 15) is 15.3 Å². The first-order chi connectivity index (χ1) is 15.3. The predicted octanol–water partition coefficient (Wildman–Crippen LogP) is 6.54. The van der Waals surface area contributed by atoms with Gasteiger partial charge in [0.25, 0.3) is 0 Å². The van der Waals surface area contributed by atoms with E-state index in [-0.39, 0.29) is 5.75 Å². The molecule has 0 aliphatic carbocycles. The molecule has 0 aliphatic heterocycles. The van der Waals surface area contributed by atoms with Gasteiger partial charge >= 0.3 is 0 Å². The van der Waals surface area contributed by atoms with Gasteiger partial charge in [-0.3, -0.25) is 0 Å². The van der Waals surface area contributed by atoms with Crippen LogP contribution in [-0.4, -0.2) is 15.3 Å². The SMILES string of the molecule is CCc1cc(C)c(O)c(Cc2cc(CC)cc(Cc3cc(CC)cc(CC)c3O)c2O)c1. The first kappa shape index (κ1) is 23.7. The first-order valence-corrected chi connectivity index (χ1v) is 11.8. The fourth-order valence-electron chi connectivity index (χ4n) is 4.43. The van der Waals surface area contributed by atoms with Gasteiger partial charge in [0.1, 0.15) is 17.2 Å². The van der Waals surface area contributed by atoms with Gasteiger partial charge in [-0.05, 0) is 82.7 Å². The molecule has 0 fully saturated rings. The van der Waals surface area contributed by atoms with Crippen LogP contribution < -0.4 is 0 Å². The lowest BCUT2D eigenvalue weighted by Gasteiger charge is -2.17. The summed E-state index contributed by atoms with van der Waals surface area (Å²) >= 11 is 0. The van der Waals surface area contributed by atoms with Crippen molar-refractivity contribution in [2.45, 2.75) is 73.1 Å². The lowest BCUT2D eigenvalue weighted by Crippen LogP contribution is -2.01. The molecule has 0 unspecified atom stereocenters. The van der Waals surface area contributed by atoms with Crippen molar-refractivity contribution in [3.63, 3.8) is 0 Å². The van der Waals surface area contributed by atoms with E-state index in [0.717, 1.165) is 64.6 Å². The maximum atomic E-state index is 11.2. The summed E-state index contributed by atoms with van der Waals surface area (Å²) in [4.78, 5) is 0. The zero-order valence-corrected chi connectivity index (χ0v) is 20.0. The lowest BCUT2D eigenvalue weighted by atomic mass is 9.91. The van der Waals surface area contributed by atoms with E-state index in [1.807, 2.05) is 44.2 Å². The van der Waals surface area contributed by atoms with Crippen LogP contribution in [-0.2, 0) is 38.5 Å². The summed E-state index contributed by atoms with van der Waals surface area (Å²) in [6, 6.07) is 12.2. The molecule has 0 radical (unpaired) electrons. The third-order valence-electron chi connectivity index (χ3n) is 6.46. The van der Waals surface area contributed by atoms with Gasteiger partial charge in [0.05, 0.1) is 0 Å². The van der Waals surface area contributed by atoms with E-state index in [0.29, 0.717) is 24.3 Å². The van der Waals surface area contributed by atoms with Crippen LogP contribution in [0.3, 0.4) is 0 Å². The van der Waals surface area contributed by atoms with Gasteiger partial charge in [-0.15, -0.1) is 0 Å². The topological polar surface area (TPSA) is 60.7 Å². The van der Waals surface area contributed by atoms with Crippen molar-refractivity contribution in [1.82, 2.24) is 0 Å². The fraction of sp³-hybridized carbons (Fsp3) is 0.379. The average Bonchev–Trinajstić information content (AvgIpc) is 2.80. The van der Waals surface area contributed by atoms with Gasteiger partial charge in [-0.1, -0.05) is 64.1 Å². The van der Waals surface area contributed by atoms with E-state index in [1.165, 1.54) is 11.1 Å². The zero-order valence-electron chi connectivity index (χ0n) is 20.0. The summed E-state index contributed by atoms with van der Waals surface area (Å²) in [6.45, 7) is 10.3. The fourth-order valence-corrected chi connectivity index (χ4v) is 4.43. The summed E-state index contributed by atoms with van der Waals surface area (Å²) in [5.74, 6) is 0.878. The van der Waals surface area contributed by atoms with Crippen LogP contribution in [0, 0.1) is 6.92 Å². The Bertz CT molecular complexity index is 1110. The summed E-state index contributed by atoms with van der Waals surface area (Å²) in [5.41, 5.74) is 8.62.